The van der Waals surface area contributed by atoms with E-state index in [1.807, 2.05) is 0 Å². The molecule has 0 saturated carbocycles. The molecule has 130 valence electrons. The van der Waals surface area contributed by atoms with E-state index in [1.54, 1.807) is 0 Å². The zero-order chi connectivity index (χ0) is 17.0. The molecule has 22 heavy (non-hydrogen) atoms. The molecule has 0 saturated heterocycles. The lowest BCUT2D eigenvalue weighted by molar-refractivity contribution is -0.162. The molecular weight excluding hydrogens is 362 g/mol. The minimum absolute atomic E-state index is 0.000704. The van der Waals surface area contributed by atoms with Crippen LogP contribution in [0.3, 0.4) is 0 Å². The molecule has 0 aliphatic carbocycles. The summed E-state index contributed by atoms with van der Waals surface area (Å²) in [6.45, 7) is 0.0595. The van der Waals surface area contributed by atoms with E-state index in [9.17, 15) is 14.2 Å². The average Bonchev–Trinajstić information content (AvgIpc) is 2.53. The third kappa shape index (κ3) is 10.3. The van der Waals surface area contributed by atoms with Crippen molar-refractivity contribution in [2.75, 3.05) is 38.1 Å². The second kappa shape index (κ2) is 13.1. The molecule has 2 amide bonds. The molecule has 0 rings (SSSR count). The number of hydroxylamine groups is 4. The van der Waals surface area contributed by atoms with Crippen LogP contribution in [0.4, 0.5) is 0 Å². The SMILES string of the molecule is O=C(CCl)N(O)CCCO[PH](=O)OCCCN(O)C(=O)CCl. The summed E-state index contributed by atoms with van der Waals surface area (Å²) < 4.78 is 21.0. The molecule has 0 aromatic heterocycles. The predicted molar refractivity (Wildman–Crippen MR) is 78.6 cm³/mol. The lowest BCUT2D eigenvalue weighted by Gasteiger charge is -2.14. The van der Waals surface area contributed by atoms with Crippen LogP contribution in [0.2, 0.25) is 0 Å². The molecule has 0 fully saturated rings. The van der Waals surface area contributed by atoms with Crippen LogP contribution in [0, 0.1) is 0 Å². The van der Waals surface area contributed by atoms with Gasteiger partial charge in [-0.3, -0.25) is 24.6 Å². The maximum absolute atomic E-state index is 11.3. The topological polar surface area (TPSA) is 117 Å². The summed E-state index contributed by atoms with van der Waals surface area (Å²) in [4.78, 5) is 21.8. The van der Waals surface area contributed by atoms with E-state index in [-0.39, 0.29) is 50.9 Å². The molecule has 0 atom stereocenters. The molecule has 2 N–H and O–H groups in total. The lowest BCUT2D eigenvalue weighted by atomic mass is 10.4. The quantitative estimate of drug-likeness (QED) is 0.171. The van der Waals surface area contributed by atoms with Crippen LogP contribution in [0.15, 0.2) is 0 Å². The maximum atomic E-state index is 11.3. The Hall–Kier alpha value is -0.410. The summed E-state index contributed by atoms with van der Waals surface area (Å²) in [6.07, 6.45) is 0.515. The standard InChI is InChI=1S/C10H19Cl2N2O7P/c11-7-9(15)13(17)3-1-5-20-22(19)21-6-2-4-14(18)10(16)8-12/h17-18,22H,1-8H2. The second-order valence-electron chi connectivity index (χ2n) is 3.96. The van der Waals surface area contributed by atoms with E-state index >= 15 is 0 Å². The average molecular weight is 381 g/mol. The van der Waals surface area contributed by atoms with Crippen LogP contribution in [0.5, 0.6) is 0 Å². The number of nitrogens with zero attached hydrogens (tertiary/aromatic N) is 2. The molecule has 0 bridgehead atoms. The van der Waals surface area contributed by atoms with Gasteiger partial charge in [0.15, 0.2) is 0 Å². The third-order valence-corrected chi connectivity index (χ3v) is 3.61. The van der Waals surface area contributed by atoms with Gasteiger partial charge < -0.3 is 9.05 Å². The minimum atomic E-state index is -2.71. The molecule has 0 spiro atoms. The normalized spacial score (nSPS) is 10.8. The van der Waals surface area contributed by atoms with Crippen LogP contribution >= 0.6 is 31.5 Å². The maximum Gasteiger partial charge on any atom is 0.319 e. The van der Waals surface area contributed by atoms with E-state index < -0.39 is 20.1 Å². The number of rotatable bonds is 12. The van der Waals surface area contributed by atoms with Crippen molar-refractivity contribution in [3.05, 3.63) is 0 Å². The van der Waals surface area contributed by atoms with E-state index in [0.29, 0.717) is 10.1 Å². The van der Waals surface area contributed by atoms with Crippen molar-refractivity contribution in [3.8, 4) is 0 Å². The summed E-state index contributed by atoms with van der Waals surface area (Å²) >= 11 is 10.5. The Kier molecular flexibility index (Phi) is 12.8. The highest BCUT2D eigenvalue weighted by molar-refractivity contribution is 7.33. The Morgan fingerprint density at radius 1 is 0.909 bits per heavy atom. The smallest absolute Gasteiger partial charge is 0.311 e. The van der Waals surface area contributed by atoms with Gasteiger partial charge in [0.2, 0.25) is 0 Å². The monoisotopic (exact) mass is 380 g/mol. The van der Waals surface area contributed by atoms with Gasteiger partial charge in [-0.1, -0.05) is 0 Å². The fourth-order valence-electron chi connectivity index (χ4n) is 1.17. The van der Waals surface area contributed by atoms with Crippen molar-refractivity contribution in [2.24, 2.45) is 0 Å². The first-order chi connectivity index (χ1) is 10.4. The molecule has 0 aliphatic rings. The largest absolute Gasteiger partial charge is 0.319 e. The van der Waals surface area contributed by atoms with Crippen LogP contribution in [0.1, 0.15) is 12.8 Å². The fourth-order valence-corrected chi connectivity index (χ4v) is 2.15. The van der Waals surface area contributed by atoms with E-state index in [2.05, 4.69) is 0 Å². The van der Waals surface area contributed by atoms with Crippen molar-refractivity contribution >= 4 is 43.3 Å². The number of halogens is 2. The van der Waals surface area contributed by atoms with Gasteiger partial charge in [0.25, 0.3) is 11.8 Å². The third-order valence-electron chi connectivity index (χ3n) is 2.27. The summed E-state index contributed by atoms with van der Waals surface area (Å²) in [5.74, 6) is -1.92. The molecule has 12 heteroatoms. The zero-order valence-electron chi connectivity index (χ0n) is 11.7. The summed E-state index contributed by atoms with van der Waals surface area (Å²) in [6, 6.07) is 0. The van der Waals surface area contributed by atoms with Gasteiger partial charge in [-0.2, -0.15) is 0 Å². The number of alkyl halides is 2. The first-order valence-corrected chi connectivity index (χ1v) is 8.61. The van der Waals surface area contributed by atoms with Gasteiger partial charge in [-0.15, -0.1) is 23.2 Å². The summed E-state index contributed by atoms with van der Waals surface area (Å²) in [5, 5.41) is 19.2. The van der Waals surface area contributed by atoms with E-state index in [1.165, 1.54) is 0 Å². The first-order valence-electron chi connectivity index (χ1n) is 6.32. The highest BCUT2D eigenvalue weighted by Gasteiger charge is 2.10. The molecule has 0 unspecified atom stereocenters. The van der Waals surface area contributed by atoms with Gasteiger partial charge >= 0.3 is 8.25 Å². The highest BCUT2D eigenvalue weighted by atomic mass is 35.5. The fraction of sp³-hybridized carbons (Fsp3) is 0.800. The van der Waals surface area contributed by atoms with Crippen LogP contribution in [0.25, 0.3) is 0 Å². The second-order valence-corrected chi connectivity index (χ2v) is 5.57. The molecule has 0 radical (unpaired) electrons. The van der Waals surface area contributed by atoms with Gasteiger partial charge in [0, 0.05) is 0 Å². The van der Waals surface area contributed by atoms with Crippen molar-refractivity contribution in [2.45, 2.75) is 12.8 Å². The molecular formula is C10H19Cl2N2O7P. The van der Waals surface area contributed by atoms with E-state index in [4.69, 9.17) is 42.7 Å². The number of amides is 2. The Bertz CT molecular complexity index is 343. The van der Waals surface area contributed by atoms with Gasteiger partial charge in [-0.05, 0) is 12.8 Å². The Morgan fingerprint density at radius 2 is 1.27 bits per heavy atom. The van der Waals surface area contributed by atoms with Gasteiger partial charge in [0.05, 0.1) is 26.3 Å². The van der Waals surface area contributed by atoms with Gasteiger partial charge in [-0.25, -0.2) is 10.1 Å². The van der Waals surface area contributed by atoms with Crippen molar-refractivity contribution in [3.63, 3.8) is 0 Å². The minimum Gasteiger partial charge on any atom is -0.311 e. The number of hydrogen-bond donors (Lipinski definition) is 2. The zero-order valence-corrected chi connectivity index (χ0v) is 14.3. The van der Waals surface area contributed by atoms with Crippen molar-refractivity contribution in [1.82, 2.24) is 10.1 Å². The number of carbonyl (C=O) groups excluding carboxylic acids is 2. The molecule has 0 aromatic rings. The van der Waals surface area contributed by atoms with Crippen LogP contribution in [-0.4, -0.2) is 70.4 Å². The Labute approximate surface area is 138 Å². The predicted octanol–water partition coefficient (Wildman–Crippen LogP) is 1.10. The Morgan fingerprint density at radius 3 is 1.59 bits per heavy atom. The number of carbonyl (C=O) groups is 2. The lowest BCUT2D eigenvalue weighted by Crippen LogP contribution is -2.30. The van der Waals surface area contributed by atoms with Crippen LogP contribution < -0.4 is 0 Å². The molecule has 0 aromatic carbocycles. The summed E-state index contributed by atoms with van der Waals surface area (Å²) in [5.41, 5.74) is 0. The molecule has 0 heterocycles. The first kappa shape index (κ1) is 21.6. The van der Waals surface area contributed by atoms with E-state index in [0.717, 1.165) is 0 Å². The van der Waals surface area contributed by atoms with Crippen molar-refractivity contribution in [1.29, 1.82) is 0 Å². The highest BCUT2D eigenvalue weighted by Crippen LogP contribution is 2.23. The number of hydrogen-bond acceptors (Lipinski definition) is 7. The van der Waals surface area contributed by atoms with Crippen molar-refractivity contribution < 1.29 is 33.6 Å². The Balaban J connectivity index is 3.59. The van der Waals surface area contributed by atoms with Crippen LogP contribution in [-0.2, 0) is 23.2 Å². The summed E-state index contributed by atoms with van der Waals surface area (Å²) in [7, 11) is -2.71. The van der Waals surface area contributed by atoms with Gasteiger partial charge in [0.1, 0.15) is 11.8 Å². The molecule has 9 nitrogen and oxygen atoms in total. The molecule has 0 aliphatic heterocycles.